The first-order chi connectivity index (χ1) is 10.8. The summed E-state index contributed by atoms with van der Waals surface area (Å²) in [6.45, 7) is 0. The van der Waals surface area contributed by atoms with Crippen molar-refractivity contribution >= 4 is 33.5 Å². The summed E-state index contributed by atoms with van der Waals surface area (Å²) in [7, 11) is -0.300. The number of hydrogen-bond acceptors (Lipinski definition) is 4. The van der Waals surface area contributed by atoms with Crippen molar-refractivity contribution < 1.29 is 8.42 Å². The molecule has 1 aromatic heterocycles. The van der Waals surface area contributed by atoms with Crippen molar-refractivity contribution in [2.24, 2.45) is 19.8 Å². The van der Waals surface area contributed by atoms with Crippen LogP contribution in [0.15, 0.2) is 27.9 Å². The molecule has 1 aromatic carbocycles. The third kappa shape index (κ3) is 3.37. The van der Waals surface area contributed by atoms with E-state index in [2.05, 4.69) is 4.72 Å². The molecule has 0 aliphatic heterocycles. The zero-order valence-electron chi connectivity index (χ0n) is 13.7. The maximum absolute atomic E-state index is 12.6. The van der Waals surface area contributed by atoms with Gasteiger partial charge in [0.15, 0.2) is 0 Å². The molecule has 0 radical (unpaired) electrons. The average molecular weight is 375 g/mol. The molecule has 1 aliphatic carbocycles. The summed E-state index contributed by atoms with van der Waals surface area (Å²) in [5.74, 6) is 0. The number of fused-ring (bicyclic) bond motifs is 1. The minimum absolute atomic E-state index is 0. The minimum Gasteiger partial charge on any atom is -0.328 e. The normalized spacial score (nSPS) is 21.6. The number of nitrogens with one attached hydrogen (secondary N) is 1. The van der Waals surface area contributed by atoms with E-state index in [-0.39, 0.29) is 35.1 Å². The van der Waals surface area contributed by atoms with Gasteiger partial charge in [-0.15, -0.1) is 12.4 Å². The molecule has 7 nitrogen and oxygen atoms in total. The second kappa shape index (κ2) is 6.87. The van der Waals surface area contributed by atoms with Crippen molar-refractivity contribution in [1.29, 1.82) is 0 Å². The Balaban J connectivity index is 0.00000208. The summed E-state index contributed by atoms with van der Waals surface area (Å²) in [4.78, 5) is 12.1. The van der Waals surface area contributed by atoms with Crippen LogP contribution in [0.4, 0.5) is 0 Å². The topological polar surface area (TPSA) is 99.1 Å². The van der Waals surface area contributed by atoms with Crippen LogP contribution in [0, 0.1) is 0 Å². The fraction of sp³-hybridized carbons (Fsp3) is 0.533. The Morgan fingerprint density at radius 3 is 2.29 bits per heavy atom. The first-order valence-electron chi connectivity index (χ1n) is 7.73. The third-order valence-corrected chi connectivity index (χ3v) is 6.17. The second-order valence-electron chi connectivity index (χ2n) is 6.28. The van der Waals surface area contributed by atoms with Gasteiger partial charge in [-0.1, -0.05) is 0 Å². The molecule has 2 aromatic rings. The highest BCUT2D eigenvalue weighted by atomic mass is 35.5. The second-order valence-corrected chi connectivity index (χ2v) is 8.00. The molecule has 3 N–H and O–H groups in total. The Hall–Kier alpha value is -1.35. The number of sulfonamides is 1. The van der Waals surface area contributed by atoms with Gasteiger partial charge in [-0.3, -0.25) is 9.13 Å². The van der Waals surface area contributed by atoms with Gasteiger partial charge >= 0.3 is 5.69 Å². The number of imidazole rings is 1. The summed E-state index contributed by atoms with van der Waals surface area (Å²) in [5, 5.41) is 0. The number of nitrogens with zero attached hydrogens (tertiary/aromatic N) is 2. The Morgan fingerprint density at radius 2 is 1.67 bits per heavy atom. The lowest BCUT2D eigenvalue weighted by Crippen LogP contribution is -2.40. The van der Waals surface area contributed by atoms with Crippen molar-refractivity contribution in [3.8, 4) is 0 Å². The largest absolute Gasteiger partial charge is 0.328 e. The SMILES string of the molecule is Cl.Cn1c(=O)n(C)c2cc(S(=O)(=O)NC3CCC(N)CC3)ccc21. The molecule has 24 heavy (non-hydrogen) atoms. The van der Waals surface area contributed by atoms with E-state index in [1.54, 1.807) is 32.3 Å². The smallest absolute Gasteiger partial charge is 0.328 e. The molecule has 9 heteroatoms. The standard InChI is InChI=1S/C15H22N4O3S.ClH/c1-18-13-8-7-12(9-14(13)19(2)15(18)20)23(21,22)17-11-5-3-10(16)4-6-11;/h7-11,17H,3-6,16H2,1-2H3;1H. The van der Waals surface area contributed by atoms with Crippen LogP contribution in [0.25, 0.3) is 11.0 Å². The van der Waals surface area contributed by atoms with Crippen LogP contribution in [0.5, 0.6) is 0 Å². The Kier molecular flexibility index (Phi) is 5.44. The van der Waals surface area contributed by atoms with Crippen LogP contribution < -0.4 is 16.1 Å². The zero-order chi connectivity index (χ0) is 16.8. The molecule has 3 rings (SSSR count). The van der Waals surface area contributed by atoms with Crippen LogP contribution in [0.2, 0.25) is 0 Å². The lowest BCUT2D eigenvalue weighted by molar-refractivity contribution is 0.373. The van der Waals surface area contributed by atoms with Crippen LogP contribution >= 0.6 is 12.4 Å². The molecule has 0 atom stereocenters. The van der Waals surface area contributed by atoms with Gasteiger partial charge in [0, 0.05) is 26.2 Å². The quantitative estimate of drug-likeness (QED) is 0.831. The molecule has 1 heterocycles. The Labute approximate surface area is 147 Å². The van der Waals surface area contributed by atoms with E-state index in [0.717, 1.165) is 25.7 Å². The molecule has 0 bridgehead atoms. The molecule has 134 valence electrons. The molecular weight excluding hydrogens is 352 g/mol. The van der Waals surface area contributed by atoms with Crippen LogP contribution in [0.3, 0.4) is 0 Å². The molecule has 1 fully saturated rings. The van der Waals surface area contributed by atoms with E-state index >= 15 is 0 Å². The Bertz CT molecular complexity index is 895. The maximum atomic E-state index is 12.6. The predicted octanol–water partition coefficient (Wildman–Crippen LogP) is 0.847. The van der Waals surface area contributed by atoms with Crippen LogP contribution in [0.1, 0.15) is 25.7 Å². The molecule has 1 saturated carbocycles. The summed E-state index contributed by atoms with van der Waals surface area (Å²) in [6, 6.07) is 4.86. The number of benzene rings is 1. The van der Waals surface area contributed by atoms with Crippen molar-refractivity contribution in [1.82, 2.24) is 13.9 Å². The number of rotatable bonds is 3. The van der Waals surface area contributed by atoms with Gasteiger partial charge in [0.1, 0.15) is 0 Å². The summed E-state index contributed by atoms with van der Waals surface area (Å²) < 4.78 is 30.9. The fourth-order valence-corrected chi connectivity index (χ4v) is 4.50. The van der Waals surface area contributed by atoms with E-state index in [9.17, 15) is 13.2 Å². The van der Waals surface area contributed by atoms with E-state index in [4.69, 9.17) is 5.73 Å². The lowest BCUT2D eigenvalue weighted by Gasteiger charge is -2.26. The number of aromatic nitrogens is 2. The highest BCUT2D eigenvalue weighted by Gasteiger charge is 2.25. The van der Waals surface area contributed by atoms with E-state index in [1.165, 1.54) is 9.13 Å². The predicted molar refractivity (Wildman–Crippen MR) is 96.0 cm³/mol. The van der Waals surface area contributed by atoms with Gasteiger partial charge in [0.05, 0.1) is 15.9 Å². The average Bonchev–Trinajstić information content (AvgIpc) is 2.74. The van der Waals surface area contributed by atoms with Gasteiger partial charge in [0.25, 0.3) is 0 Å². The van der Waals surface area contributed by atoms with Crippen molar-refractivity contribution in [2.45, 2.75) is 42.7 Å². The summed E-state index contributed by atoms with van der Waals surface area (Å²) in [5.41, 5.74) is 6.99. The van der Waals surface area contributed by atoms with Gasteiger partial charge in [0.2, 0.25) is 10.0 Å². The lowest BCUT2D eigenvalue weighted by atomic mass is 9.93. The molecule has 0 unspecified atom stereocenters. The van der Waals surface area contributed by atoms with Gasteiger partial charge < -0.3 is 5.73 Å². The molecule has 0 saturated heterocycles. The number of hydrogen-bond donors (Lipinski definition) is 2. The number of aryl methyl sites for hydroxylation is 2. The zero-order valence-corrected chi connectivity index (χ0v) is 15.4. The Morgan fingerprint density at radius 1 is 1.08 bits per heavy atom. The summed E-state index contributed by atoms with van der Waals surface area (Å²) >= 11 is 0. The fourth-order valence-electron chi connectivity index (χ4n) is 3.18. The van der Waals surface area contributed by atoms with Crippen LogP contribution in [-0.4, -0.2) is 29.6 Å². The van der Waals surface area contributed by atoms with Crippen molar-refractivity contribution in [3.63, 3.8) is 0 Å². The summed E-state index contributed by atoms with van der Waals surface area (Å²) in [6.07, 6.45) is 3.18. The number of nitrogens with two attached hydrogens (primary N) is 1. The maximum Gasteiger partial charge on any atom is 0.328 e. The number of halogens is 1. The highest BCUT2D eigenvalue weighted by molar-refractivity contribution is 7.89. The monoisotopic (exact) mass is 374 g/mol. The van der Waals surface area contributed by atoms with Gasteiger partial charge in [-0.2, -0.15) is 0 Å². The van der Waals surface area contributed by atoms with Gasteiger partial charge in [-0.05, 0) is 43.9 Å². The van der Waals surface area contributed by atoms with E-state index < -0.39 is 10.0 Å². The molecule has 1 aliphatic rings. The minimum atomic E-state index is -3.60. The first-order valence-corrected chi connectivity index (χ1v) is 9.21. The van der Waals surface area contributed by atoms with Crippen LogP contribution in [-0.2, 0) is 24.1 Å². The van der Waals surface area contributed by atoms with Crippen molar-refractivity contribution in [3.05, 3.63) is 28.7 Å². The van der Waals surface area contributed by atoms with Gasteiger partial charge in [-0.25, -0.2) is 17.9 Å². The first kappa shape index (κ1) is 19.0. The molecule has 0 spiro atoms. The molecule has 0 amide bonds. The third-order valence-electron chi connectivity index (χ3n) is 4.65. The van der Waals surface area contributed by atoms with E-state index in [0.29, 0.717) is 11.0 Å². The van der Waals surface area contributed by atoms with Crippen molar-refractivity contribution in [2.75, 3.05) is 0 Å². The van der Waals surface area contributed by atoms with E-state index in [1.807, 2.05) is 0 Å². The molecular formula is C15H23ClN4O3S. The highest BCUT2D eigenvalue weighted by Crippen LogP contribution is 2.21.